The lowest BCUT2D eigenvalue weighted by atomic mass is 10.1. The quantitative estimate of drug-likeness (QED) is 0.505. The molecular weight excluding hydrogens is 456 g/mol. The first-order valence-corrected chi connectivity index (χ1v) is 12.6. The molecule has 0 unspecified atom stereocenters. The van der Waals surface area contributed by atoms with Crippen molar-refractivity contribution in [3.63, 3.8) is 0 Å². The molecule has 0 atom stereocenters. The molecule has 0 aromatic heterocycles. The van der Waals surface area contributed by atoms with E-state index in [1.807, 2.05) is 12.2 Å². The Kier molecular flexibility index (Phi) is 5.26. The van der Waals surface area contributed by atoms with E-state index in [2.05, 4.69) is 29.6 Å². The van der Waals surface area contributed by atoms with Crippen LogP contribution in [0.25, 0.3) is 12.2 Å². The Hall–Kier alpha value is -0.960. The zero-order valence-corrected chi connectivity index (χ0v) is 15.8. The van der Waals surface area contributed by atoms with Crippen molar-refractivity contribution in [2.24, 2.45) is 0 Å². The Bertz CT molecular complexity index is 821. The van der Waals surface area contributed by atoms with Crippen LogP contribution in [0.1, 0.15) is 11.1 Å². The molecule has 4 nitrogen and oxygen atoms in total. The van der Waals surface area contributed by atoms with Crippen LogP contribution in [0.4, 0.5) is 0 Å². The molecule has 2 aromatic carbocycles. The molecule has 2 aromatic rings. The van der Waals surface area contributed by atoms with E-state index >= 15 is 0 Å². The van der Waals surface area contributed by atoms with Crippen LogP contribution in [0.3, 0.4) is 0 Å². The molecule has 8 heteroatoms. The zero-order valence-electron chi connectivity index (χ0n) is 11.0. The van der Waals surface area contributed by atoms with E-state index in [9.17, 15) is 16.8 Å². The zero-order chi connectivity index (χ0) is 16.4. The molecule has 0 spiro atoms. The van der Waals surface area contributed by atoms with Gasteiger partial charge in [0.05, 0.1) is 39.4 Å². The summed E-state index contributed by atoms with van der Waals surface area (Å²) in [4.78, 5) is 0.382. The summed E-state index contributed by atoms with van der Waals surface area (Å²) in [6.45, 7) is 0. The van der Waals surface area contributed by atoms with Crippen LogP contribution >= 0.6 is 29.6 Å². The number of benzene rings is 2. The second-order valence-corrected chi connectivity index (χ2v) is 12.2. The minimum absolute atomic E-state index is 0.191. The maximum atomic E-state index is 11.3. The lowest BCUT2D eigenvalue weighted by Gasteiger charge is -1.99. The third-order valence-electron chi connectivity index (χ3n) is 2.79. The molecule has 0 amide bonds. The van der Waals surface area contributed by atoms with Crippen molar-refractivity contribution in [2.45, 2.75) is 9.79 Å². The van der Waals surface area contributed by atoms with Gasteiger partial charge in [-0.3, -0.25) is 0 Å². The molecule has 116 valence electrons. The van der Waals surface area contributed by atoms with E-state index in [1.54, 1.807) is 24.3 Å². The minimum Gasteiger partial charge on any atom is -0.212 e. The van der Waals surface area contributed by atoms with Crippen LogP contribution in [-0.4, -0.2) is 16.8 Å². The summed E-state index contributed by atoms with van der Waals surface area (Å²) in [5.74, 6) is 0. The highest BCUT2D eigenvalue weighted by Gasteiger charge is 2.08. The van der Waals surface area contributed by atoms with Crippen LogP contribution in [0.15, 0.2) is 58.3 Å². The van der Waals surface area contributed by atoms with E-state index in [-0.39, 0.29) is 9.79 Å². The van der Waals surface area contributed by atoms with Gasteiger partial charge in [-0.1, -0.05) is 36.4 Å². The molecule has 0 heterocycles. The van der Waals surface area contributed by atoms with E-state index < -0.39 is 16.5 Å². The Balaban J connectivity index is 2.18. The number of hydrogen-bond acceptors (Lipinski definition) is 4. The van der Waals surface area contributed by atoms with Crippen LogP contribution < -0.4 is 0 Å². The van der Waals surface area contributed by atoms with Crippen LogP contribution in [0, 0.1) is 0 Å². The van der Waals surface area contributed by atoms with Gasteiger partial charge in [0.1, 0.15) is 0 Å². The monoisotopic (exact) mass is 464 g/mol. The van der Waals surface area contributed by atoms with Gasteiger partial charge in [0.15, 0.2) is 0 Å². The summed E-state index contributed by atoms with van der Waals surface area (Å²) >= 11 is 5.22. The summed E-state index contributed by atoms with van der Waals surface area (Å²) in [5, 5.41) is 0. The second kappa shape index (κ2) is 6.66. The average molecular weight is 466 g/mol. The van der Waals surface area contributed by atoms with Gasteiger partial charge in [-0.15, -0.1) is 0 Å². The van der Waals surface area contributed by atoms with Gasteiger partial charge in [-0.25, -0.2) is 16.8 Å². The molecule has 0 radical (unpaired) electrons. The smallest absolute Gasteiger partial charge is 0.212 e. The molecular formula is C14H10Br2O4S2. The van der Waals surface area contributed by atoms with E-state index in [1.165, 1.54) is 24.3 Å². The van der Waals surface area contributed by atoms with Crippen molar-refractivity contribution in [3.8, 4) is 0 Å². The van der Waals surface area contributed by atoms with E-state index in [0.717, 1.165) is 11.1 Å². The number of rotatable bonds is 4. The maximum Gasteiger partial charge on any atom is 0.237 e. The molecule has 0 aliphatic carbocycles. The van der Waals surface area contributed by atoms with E-state index in [0.29, 0.717) is 0 Å². The fourth-order valence-electron chi connectivity index (χ4n) is 1.68. The van der Waals surface area contributed by atoms with Gasteiger partial charge < -0.3 is 0 Å². The lowest BCUT2D eigenvalue weighted by Crippen LogP contribution is -1.89. The fraction of sp³-hybridized carbons (Fsp3) is 0. The SMILES string of the molecule is O=S(=O)(Br)c1ccc(/C=C/c2ccc(S(=O)(=O)Br)cc2)cc1. The van der Waals surface area contributed by atoms with E-state index in [4.69, 9.17) is 0 Å². The minimum atomic E-state index is -3.38. The molecule has 0 fully saturated rings. The summed E-state index contributed by atoms with van der Waals surface area (Å²) in [5.41, 5.74) is 1.66. The first-order chi connectivity index (χ1) is 10.2. The Labute approximate surface area is 144 Å². The van der Waals surface area contributed by atoms with Crippen molar-refractivity contribution in [3.05, 3.63) is 59.7 Å². The largest absolute Gasteiger partial charge is 0.237 e. The van der Waals surface area contributed by atoms with Gasteiger partial charge in [-0.05, 0) is 35.4 Å². The molecule has 0 saturated carbocycles. The fourth-order valence-corrected chi connectivity index (χ4v) is 3.89. The number of halogens is 2. The summed E-state index contributed by atoms with van der Waals surface area (Å²) in [6, 6.07) is 12.7. The highest BCUT2D eigenvalue weighted by Crippen LogP contribution is 2.20. The highest BCUT2D eigenvalue weighted by atomic mass is 79.9. The molecule has 0 bridgehead atoms. The predicted molar refractivity (Wildman–Crippen MR) is 94.0 cm³/mol. The molecule has 0 aliphatic heterocycles. The number of hydrogen-bond donors (Lipinski definition) is 0. The molecule has 2 rings (SSSR count). The summed E-state index contributed by atoms with van der Waals surface area (Å²) in [7, 11) is -6.76. The predicted octanol–water partition coefficient (Wildman–Crippen LogP) is 4.02. The van der Waals surface area contributed by atoms with Gasteiger partial charge in [0, 0.05) is 0 Å². The Morgan fingerprint density at radius 1 is 0.591 bits per heavy atom. The van der Waals surface area contributed by atoms with Crippen LogP contribution in [0.5, 0.6) is 0 Å². The van der Waals surface area contributed by atoms with Crippen LogP contribution in [0.2, 0.25) is 0 Å². The standard InChI is InChI=1S/C14H10Br2O4S2/c15-21(17,18)13-7-3-11(4-8-13)1-2-12-5-9-14(10-6-12)22(16,19)20/h1-10H/b2-1+. The van der Waals surface area contributed by atoms with Crippen molar-refractivity contribution < 1.29 is 16.8 Å². The van der Waals surface area contributed by atoms with Crippen molar-refractivity contribution >= 4 is 58.3 Å². The summed E-state index contributed by atoms with van der Waals surface area (Å²) in [6.07, 6.45) is 3.62. The van der Waals surface area contributed by atoms with Gasteiger partial charge in [0.2, 0.25) is 16.5 Å². The Morgan fingerprint density at radius 3 is 1.09 bits per heavy atom. The maximum absolute atomic E-state index is 11.3. The molecule has 22 heavy (non-hydrogen) atoms. The van der Waals surface area contributed by atoms with Crippen molar-refractivity contribution in [1.29, 1.82) is 0 Å². The van der Waals surface area contributed by atoms with Crippen molar-refractivity contribution in [2.75, 3.05) is 0 Å². The van der Waals surface area contributed by atoms with Crippen LogP contribution in [-0.2, 0) is 16.5 Å². The molecule has 0 aliphatic rings. The average Bonchev–Trinajstić information content (AvgIpc) is 2.44. The second-order valence-electron chi connectivity index (χ2n) is 4.35. The Morgan fingerprint density at radius 2 is 0.864 bits per heavy atom. The molecule has 0 saturated heterocycles. The molecule has 0 N–H and O–H groups in total. The van der Waals surface area contributed by atoms with Gasteiger partial charge >= 0.3 is 0 Å². The lowest BCUT2D eigenvalue weighted by molar-refractivity contribution is 0.610. The first-order valence-electron chi connectivity index (χ1n) is 5.94. The van der Waals surface area contributed by atoms with Gasteiger partial charge in [-0.2, -0.15) is 0 Å². The summed E-state index contributed by atoms with van der Waals surface area (Å²) < 4.78 is 45.1. The highest BCUT2D eigenvalue weighted by molar-refractivity contribution is 9.47. The first kappa shape index (κ1) is 17.4. The third-order valence-corrected chi connectivity index (χ3v) is 6.70. The third kappa shape index (κ3) is 4.77. The normalized spacial score (nSPS) is 12.6. The van der Waals surface area contributed by atoms with Crippen molar-refractivity contribution in [1.82, 2.24) is 0 Å². The van der Waals surface area contributed by atoms with Gasteiger partial charge in [0.25, 0.3) is 0 Å². The topological polar surface area (TPSA) is 68.3 Å².